The molecule has 0 bridgehead atoms. The lowest BCUT2D eigenvalue weighted by atomic mass is 9.92. The number of alkyl halides is 6. The summed E-state index contributed by atoms with van der Waals surface area (Å²) < 4.78 is 83.9. The molecule has 4 rings (SSSR count). The van der Waals surface area contributed by atoms with E-state index in [0.717, 1.165) is 67.1 Å². The number of likely N-dealkylation sites (N-methyl/N-ethyl adjacent to an activating group) is 1. The fraction of sp³-hybridized carbons (Fsp3) is 0.481. The molecule has 0 atom stereocenters. The Morgan fingerprint density at radius 2 is 1.55 bits per heavy atom. The van der Waals surface area contributed by atoms with Crippen LogP contribution in [0.1, 0.15) is 30.0 Å². The molecule has 1 aromatic carbocycles. The van der Waals surface area contributed by atoms with E-state index in [-0.39, 0.29) is 5.82 Å². The van der Waals surface area contributed by atoms with Gasteiger partial charge in [-0.1, -0.05) is 12.1 Å². The molecule has 1 aliphatic rings. The number of ether oxygens (including phenoxy) is 1. The molecule has 2 N–H and O–H groups in total. The van der Waals surface area contributed by atoms with Crippen molar-refractivity contribution in [3.05, 3.63) is 53.7 Å². The van der Waals surface area contributed by atoms with Crippen molar-refractivity contribution in [1.29, 1.82) is 0 Å². The fourth-order valence-electron chi connectivity index (χ4n) is 4.17. The Kier molecular flexibility index (Phi) is 12.9. The zero-order valence-electron chi connectivity index (χ0n) is 24.0. The van der Waals surface area contributed by atoms with Gasteiger partial charge >= 0.3 is 24.3 Å². The van der Waals surface area contributed by atoms with Crippen molar-refractivity contribution >= 4 is 28.8 Å². The van der Waals surface area contributed by atoms with Crippen molar-refractivity contribution in [3.8, 4) is 0 Å². The van der Waals surface area contributed by atoms with Gasteiger partial charge in [0.1, 0.15) is 11.3 Å². The minimum absolute atomic E-state index is 0.180. The molecule has 0 radical (unpaired) electrons. The molecule has 10 nitrogen and oxygen atoms in total. The molecular weight excluding hydrogens is 607 g/mol. The van der Waals surface area contributed by atoms with Crippen LogP contribution in [0.25, 0.3) is 11.0 Å². The molecule has 1 aliphatic heterocycles. The number of methoxy groups -OCH3 is 1. The number of carboxylic acid groups (broad SMARTS) is 2. The third kappa shape index (κ3) is 10.9. The van der Waals surface area contributed by atoms with Gasteiger partial charge in [-0.2, -0.15) is 26.3 Å². The third-order valence-electron chi connectivity index (χ3n) is 6.52. The highest BCUT2D eigenvalue weighted by molar-refractivity contribution is 5.87. The van der Waals surface area contributed by atoms with Crippen LogP contribution in [0, 0.1) is 5.82 Å². The summed E-state index contributed by atoms with van der Waals surface area (Å²) in [6.07, 6.45) is -6.17. The minimum Gasteiger partial charge on any atom is -0.475 e. The van der Waals surface area contributed by atoms with Crippen LogP contribution < -0.4 is 4.90 Å². The average molecular weight is 640 g/mol. The third-order valence-corrected chi connectivity index (χ3v) is 6.52. The molecule has 0 aliphatic carbocycles. The van der Waals surface area contributed by atoms with Crippen molar-refractivity contribution in [2.45, 2.75) is 37.7 Å². The van der Waals surface area contributed by atoms with Crippen LogP contribution in [0.3, 0.4) is 0 Å². The molecule has 244 valence electrons. The number of nitrogens with zero attached hydrogens (tertiary/aromatic N) is 5. The zero-order valence-corrected chi connectivity index (χ0v) is 24.0. The normalized spacial score (nSPS) is 14.3. The largest absolute Gasteiger partial charge is 0.490 e. The lowest BCUT2D eigenvalue weighted by molar-refractivity contribution is -0.193. The highest BCUT2D eigenvalue weighted by Gasteiger charge is 2.38. The number of aliphatic carboxylic acids is 2. The molecule has 0 spiro atoms. The van der Waals surface area contributed by atoms with Gasteiger partial charge in [-0.05, 0) is 49.7 Å². The molecule has 2 aromatic heterocycles. The van der Waals surface area contributed by atoms with Gasteiger partial charge in [0.05, 0.1) is 18.5 Å². The van der Waals surface area contributed by atoms with Crippen molar-refractivity contribution in [1.82, 2.24) is 19.4 Å². The molecular formula is C27H32F7N5O5. The first-order valence-corrected chi connectivity index (χ1v) is 13.0. The number of pyridine rings is 1. The number of halogens is 7. The number of anilines is 1. The van der Waals surface area contributed by atoms with E-state index >= 15 is 0 Å². The van der Waals surface area contributed by atoms with E-state index in [4.69, 9.17) is 29.5 Å². The Morgan fingerprint density at radius 1 is 1.02 bits per heavy atom. The van der Waals surface area contributed by atoms with E-state index in [1.54, 1.807) is 7.11 Å². The Hall–Kier alpha value is -3.99. The number of likely N-dealkylation sites (tertiary alicyclic amines) is 1. The molecule has 1 saturated heterocycles. The summed E-state index contributed by atoms with van der Waals surface area (Å²) in [4.78, 5) is 32.0. The number of carboxylic acids is 2. The molecule has 44 heavy (non-hydrogen) atoms. The number of hydrogen-bond donors (Lipinski definition) is 2. The quantitative estimate of drug-likeness (QED) is 0.350. The van der Waals surface area contributed by atoms with Gasteiger partial charge in [-0.15, -0.1) is 0 Å². The van der Waals surface area contributed by atoms with Crippen LogP contribution in [-0.4, -0.2) is 94.3 Å². The van der Waals surface area contributed by atoms with Gasteiger partial charge in [0.25, 0.3) is 0 Å². The van der Waals surface area contributed by atoms with E-state index in [2.05, 4.69) is 25.4 Å². The summed E-state index contributed by atoms with van der Waals surface area (Å²) in [5, 5.41) is 14.2. The summed E-state index contributed by atoms with van der Waals surface area (Å²) >= 11 is 0. The molecule has 3 heterocycles. The second-order valence-corrected chi connectivity index (χ2v) is 9.79. The van der Waals surface area contributed by atoms with Crippen LogP contribution in [0.4, 0.5) is 36.6 Å². The zero-order chi connectivity index (χ0) is 33.2. The molecule has 3 aromatic rings. The maximum absolute atomic E-state index is 13.1. The number of piperidine rings is 1. The lowest BCUT2D eigenvalue weighted by Crippen LogP contribution is -2.33. The SMILES string of the molecule is COCCN(C)c1nc(C2CCN(Cc3ccc(F)cc3)CC2)cc2c1ncn2C.O=C(O)C(F)(F)F.O=C(O)C(F)(F)F. The van der Waals surface area contributed by atoms with Crippen molar-refractivity contribution < 1.29 is 55.3 Å². The lowest BCUT2D eigenvalue weighted by Gasteiger charge is -2.32. The minimum atomic E-state index is -5.08. The Balaban J connectivity index is 0.000000402. The van der Waals surface area contributed by atoms with Crippen LogP contribution in [0.2, 0.25) is 0 Å². The van der Waals surface area contributed by atoms with E-state index in [0.29, 0.717) is 12.5 Å². The first-order valence-electron chi connectivity index (χ1n) is 13.0. The van der Waals surface area contributed by atoms with Gasteiger partial charge in [0.15, 0.2) is 5.82 Å². The van der Waals surface area contributed by atoms with Gasteiger partial charge in [-0.3, -0.25) is 4.90 Å². The number of aromatic nitrogens is 3. The fourth-order valence-corrected chi connectivity index (χ4v) is 4.17. The van der Waals surface area contributed by atoms with E-state index in [1.807, 2.05) is 32.6 Å². The highest BCUT2D eigenvalue weighted by atomic mass is 19.4. The van der Waals surface area contributed by atoms with Crippen molar-refractivity contribution in [2.75, 3.05) is 45.3 Å². The number of imidazole rings is 1. The van der Waals surface area contributed by atoms with Crippen molar-refractivity contribution in [2.24, 2.45) is 7.05 Å². The summed E-state index contributed by atoms with van der Waals surface area (Å²) in [7, 11) is 5.79. The number of benzene rings is 1. The van der Waals surface area contributed by atoms with Crippen LogP contribution in [0.15, 0.2) is 36.7 Å². The molecule has 1 fully saturated rings. The topological polar surface area (TPSA) is 121 Å². The molecule has 0 unspecified atom stereocenters. The maximum Gasteiger partial charge on any atom is 0.490 e. The monoisotopic (exact) mass is 639 g/mol. The summed E-state index contributed by atoms with van der Waals surface area (Å²) in [5.74, 6) is -4.34. The number of fused-ring (bicyclic) bond motifs is 1. The second-order valence-electron chi connectivity index (χ2n) is 9.79. The van der Waals surface area contributed by atoms with Crippen LogP contribution >= 0.6 is 0 Å². The van der Waals surface area contributed by atoms with E-state index < -0.39 is 24.3 Å². The summed E-state index contributed by atoms with van der Waals surface area (Å²) in [6.45, 7) is 4.32. The first-order chi connectivity index (χ1) is 20.4. The average Bonchev–Trinajstić information content (AvgIpc) is 3.33. The number of carbonyl (C=O) groups is 2. The second kappa shape index (κ2) is 15.7. The molecule has 0 saturated carbocycles. The highest BCUT2D eigenvalue weighted by Crippen LogP contribution is 2.32. The van der Waals surface area contributed by atoms with Gasteiger partial charge < -0.3 is 24.4 Å². The van der Waals surface area contributed by atoms with Gasteiger partial charge in [0.2, 0.25) is 0 Å². The smallest absolute Gasteiger partial charge is 0.475 e. The first kappa shape index (κ1) is 36.2. The van der Waals surface area contributed by atoms with Crippen LogP contribution in [-0.2, 0) is 27.9 Å². The van der Waals surface area contributed by atoms with Gasteiger partial charge in [0, 0.05) is 45.9 Å². The van der Waals surface area contributed by atoms with E-state index in [9.17, 15) is 30.7 Å². The Labute approximate surface area is 247 Å². The number of hydrogen-bond acceptors (Lipinski definition) is 7. The molecule has 17 heteroatoms. The maximum atomic E-state index is 13.1. The standard InChI is InChI=1S/C23H30FN5O.2C2HF3O2/c1-27(12-13-30-3)23-22-21(28(2)16-25-22)14-20(26-23)18-8-10-29(11-9-18)15-17-4-6-19(24)7-5-17;2*3-2(4,5)1(6)7/h4-7,14,16,18H,8-13,15H2,1-3H3;2*(H,6,7). The van der Waals surface area contributed by atoms with E-state index in [1.165, 1.54) is 12.1 Å². The predicted octanol–water partition coefficient (Wildman–Crippen LogP) is 4.84. The summed E-state index contributed by atoms with van der Waals surface area (Å²) in [5.41, 5.74) is 4.36. The number of aryl methyl sites for hydroxylation is 1. The Bertz CT molecular complexity index is 1350. The van der Waals surface area contributed by atoms with Crippen LogP contribution in [0.5, 0.6) is 0 Å². The van der Waals surface area contributed by atoms with Gasteiger partial charge in [-0.25, -0.2) is 23.9 Å². The number of rotatable bonds is 7. The van der Waals surface area contributed by atoms with Crippen molar-refractivity contribution in [3.63, 3.8) is 0 Å². The molecule has 0 amide bonds. The predicted molar refractivity (Wildman–Crippen MR) is 145 cm³/mol. The summed E-state index contributed by atoms with van der Waals surface area (Å²) in [6, 6.07) is 9.03. The Morgan fingerprint density at radius 3 is 2.02 bits per heavy atom.